The molecule has 0 aromatic carbocycles. The number of nitrogen functional groups attached to an aromatic ring is 1. The summed E-state index contributed by atoms with van der Waals surface area (Å²) < 4.78 is 0. The second-order valence-corrected chi connectivity index (χ2v) is 4.50. The van der Waals surface area contributed by atoms with Gasteiger partial charge in [-0.25, -0.2) is 9.97 Å². The third-order valence-electron chi connectivity index (χ3n) is 3.12. The maximum absolute atomic E-state index is 5.74. The summed E-state index contributed by atoms with van der Waals surface area (Å²) in [5.41, 5.74) is 5.74. The van der Waals surface area contributed by atoms with E-state index in [2.05, 4.69) is 41.0 Å². The number of aromatic nitrogens is 2. The first kappa shape index (κ1) is 14.7. The molecule has 5 heteroatoms. The fourth-order valence-corrected chi connectivity index (χ4v) is 1.93. The average molecular weight is 251 g/mol. The molecule has 5 nitrogen and oxygen atoms in total. The van der Waals surface area contributed by atoms with Crippen LogP contribution in [0.3, 0.4) is 0 Å². The Bertz CT molecular complexity index is 338. The van der Waals surface area contributed by atoms with E-state index in [0.717, 1.165) is 26.1 Å². The van der Waals surface area contributed by atoms with E-state index in [-0.39, 0.29) is 0 Å². The monoisotopic (exact) mass is 251 g/mol. The molecule has 0 saturated heterocycles. The number of hydrogen-bond acceptors (Lipinski definition) is 5. The van der Waals surface area contributed by atoms with Gasteiger partial charge in [0, 0.05) is 18.4 Å². The van der Waals surface area contributed by atoms with Gasteiger partial charge in [-0.15, -0.1) is 0 Å². The van der Waals surface area contributed by atoms with Crippen molar-refractivity contribution >= 4 is 11.6 Å². The quantitative estimate of drug-likeness (QED) is 0.739. The van der Waals surface area contributed by atoms with E-state index in [4.69, 9.17) is 5.73 Å². The fourth-order valence-electron chi connectivity index (χ4n) is 1.93. The largest absolute Gasteiger partial charge is 0.381 e. The number of nitrogens with one attached hydrogen (secondary N) is 1. The molecule has 1 unspecified atom stereocenters. The van der Waals surface area contributed by atoms with Crippen LogP contribution in [0, 0.1) is 0 Å². The van der Waals surface area contributed by atoms with Crippen LogP contribution in [0.1, 0.15) is 33.6 Å². The first-order valence-corrected chi connectivity index (χ1v) is 6.72. The van der Waals surface area contributed by atoms with E-state index in [1.807, 2.05) is 0 Å². The Morgan fingerprint density at radius 3 is 2.56 bits per heavy atom. The highest BCUT2D eigenvalue weighted by atomic mass is 15.1. The first-order valence-electron chi connectivity index (χ1n) is 6.72. The zero-order valence-corrected chi connectivity index (χ0v) is 11.7. The molecule has 1 aromatic heterocycles. The fraction of sp³-hybridized carbons (Fsp3) is 0.692. The molecular formula is C13H25N5. The van der Waals surface area contributed by atoms with Gasteiger partial charge in [0.15, 0.2) is 11.6 Å². The van der Waals surface area contributed by atoms with Crippen molar-refractivity contribution in [3.63, 3.8) is 0 Å². The molecule has 18 heavy (non-hydrogen) atoms. The van der Waals surface area contributed by atoms with Crippen molar-refractivity contribution in [2.75, 3.05) is 30.7 Å². The summed E-state index contributed by atoms with van der Waals surface area (Å²) in [7, 11) is 0. The number of anilines is 2. The number of nitrogens with zero attached hydrogens (tertiary/aromatic N) is 3. The Hall–Kier alpha value is -1.36. The third-order valence-corrected chi connectivity index (χ3v) is 3.12. The van der Waals surface area contributed by atoms with Gasteiger partial charge in [-0.05, 0) is 39.4 Å². The molecule has 3 N–H and O–H groups in total. The summed E-state index contributed by atoms with van der Waals surface area (Å²) in [6.45, 7) is 9.94. The molecule has 0 radical (unpaired) electrons. The van der Waals surface area contributed by atoms with Gasteiger partial charge in [-0.2, -0.15) is 0 Å². The highest BCUT2D eigenvalue weighted by molar-refractivity contribution is 5.55. The number of nitrogens with two attached hydrogens (primary N) is 1. The van der Waals surface area contributed by atoms with Gasteiger partial charge in [0.1, 0.15) is 0 Å². The van der Waals surface area contributed by atoms with E-state index in [1.54, 1.807) is 12.4 Å². The molecule has 0 bridgehead atoms. The van der Waals surface area contributed by atoms with Crippen LogP contribution in [0.5, 0.6) is 0 Å². The summed E-state index contributed by atoms with van der Waals surface area (Å²) in [6, 6.07) is 0.361. The lowest BCUT2D eigenvalue weighted by atomic mass is 10.1. The molecule has 1 heterocycles. The number of rotatable bonds is 8. The minimum absolute atomic E-state index is 0.361. The molecule has 1 aromatic rings. The highest BCUT2D eigenvalue weighted by Gasteiger charge is 2.07. The van der Waals surface area contributed by atoms with Gasteiger partial charge in [-0.3, -0.25) is 0 Å². The SMILES string of the molecule is CCN(CC)CCCC(C)Nc1nccnc1N. The topological polar surface area (TPSA) is 67.1 Å². The van der Waals surface area contributed by atoms with Gasteiger partial charge < -0.3 is 16.0 Å². The molecule has 0 amide bonds. The lowest BCUT2D eigenvalue weighted by Gasteiger charge is -2.20. The normalized spacial score (nSPS) is 12.7. The summed E-state index contributed by atoms with van der Waals surface area (Å²) in [5, 5.41) is 3.30. The van der Waals surface area contributed by atoms with E-state index in [9.17, 15) is 0 Å². The zero-order chi connectivity index (χ0) is 13.4. The molecule has 0 aliphatic heterocycles. The van der Waals surface area contributed by atoms with Crippen molar-refractivity contribution in [1.29, 1.82) is 0 Å². The van der Waals surface area contributed by atoms with Crippen LogP contribution in [0.2, 0.25) is 0 Å². The molecule has 0 saturated carbocycles. The lowest BCUT2D eigenvalue weighted by molar-refractivity contribution is 0.295. The number of hydrogen-bond donors (Lipinski definition) is 2. The minimum Gasteiger partial charge on any atom is -0.381 e. The van der Waals surface area contributed by atoms with Crippen LogP contribution in [0.25, 0.3) is 0 Å². The molecule has 0 fully saturated rings. The summed E-state index contributed by atoms with van der Waals surface area (Å²) in [5.74, 6) is 1.15. The summed E-state index contributed by atoms with van der Waals surface area (Å²) in [6.07, 6.45) is 5.54. The van der Waals surface area contributed by atoms with E-state index in [0.29, 0.717) is 17.7 Å². The second kappa shape index (κ2) is 7.87. The minimum atomic E-state index is 0.361. The Kier molecular flexibility index (Phi) is 6.43. The van der Waals surface area contributed by atoms with E-state index < -0.39 is 0 Å². The van der Waals surface area contributed by atoms with Gasteiger partial charge >= 0.3 is 0 Å². The summed E-state index contributed by atoms with van der Waals surface area (Å²) >= 11 is 0. The predicted octanol–water partition coefficient (Wildman–Crippen LogP) is 1.98. The molecule has 0 aliphatic rings. The zero-order valence-electron chi connectivity index (χ0n) is 11.7. The van der Waals surface area contributed by atoms with Crippen molar-refractivity contribution < 1.29 is 0 Å². The van der Waals surface area contributed by atoms with Crippen LogP contribution in [0.15, 0.2) is 12.4 Å². The maximum atomic E-state index is 5.74. The van der Waals surface area contributed by atoms with Gasteiger partial charge in [-0.1, -0.05) is 13.8 Å². The second-order valence-electron chi connectivity index (χ2n) is 4.50. The molecule has 1 rings (SSSR count). The predicted molar refractivity (Wildman–Crippen MR) is 76.6 cm³/mol. The third kappa shape index (κ3) is 4.87. The molecule has 0 spiro atoms. The van der Waals surface area contributed by atoms with Gasteiger partial charge in [0.25, 0.3) is 0 Å². The van der Waals surface area contributed by atoms with Gasteiger partial charge in [0.2, 0.25) is 0 Å². The van der Waals surface area contributed by atoms with Gasteiger partial charge in [0.05, 0.1) is 0 Å². The Morgan fingerprint density at radius 2 is 1.94 bits per heavy atom. The van der Waals surface area contributed by atoms with Crippen molar-refractivity contribution in [3.8, 4) is 0 Å². The molecule has 102 valence electrons. The molecule has 1 atom stereocenters. The molecular weight excluding hydrogens is 226 g/mol. The van der Waals surface area contributed by atoms with Crippen molar-refractivity contribution in [3.05, 3.63) is 12.4 Å². The summed E-state index contributed by atoms with van der Waals surface area (Å²) in [4.78, 5) is 10.6. The van der Waals surface area contributed by atoms with Crippen LogP contribution in [-0.4, -0.2) is 40.5 Å². The van der Waals surface area contributed by atoms with Crippen LogP contribution < -0.4 is 11.1 Å². The molecule has 0 aliphatic carbocycles. The first-order chi connectivity index (χ1) is 8.67. The van der Waals surface area contributed by atoms with Crippen LogP contribution in [0.4, 0.5) is 11.6 Å². The van der Waals surface area contributed by atoms with E-state index in [1.165, 1.54) is 6.42 Å². The lowest BCUT2D eigenvalue weighted by Crippen LogP contribution is -2.26. The van der Waals surface area contributed by atoms with Crippen molar-refractivity contribution in [1.82, 2.24) is 14.9 Å². The average Bonchev–Trinajstić information content (AvgIpc) is 2.37. The van der Waals surface area contributed by atoms with Crippen molar-refractivity contribution in [2.45, 2.75) is 39.7 Å². The van der Waals surface area contributed by atoms with E-state index >= 15 is 0 Å². The smallest absolute Gasteiger partial charge is 0.169 e. The Balaban J connectivity index is 2.30. The van der Waals surface area contributed by atoms with Crippen LogP contribution >= 0.6 is 0 Å². The Labute approximate surface area is 110 Å². The van der Waals surface area contributed by atoms with Crippen molar-refractivity contribution in [2.24, 2.45) is 0 Å². The highest BCUT2D eigenvalue weighted by Crippen LogP contribution is 2.13. The standard InChI is InChI=1S/C13H25N5/c1-4-18(5-2)10-6-7-11(3)17-13-12(14)15-8-9-16-13/h8-9,11H,4-7,10H2,1-3H3,(H2,14,15)(H,16,17). The van der Waals surface area contributed by atoms with Crippen LogP contribution in [-0.2, 0) is 0 Å². The Morgan fingerprint density at radius 1 is 1.28 bits per heavy atom. The maximum Gasteiger partial charge on any atom is 0.169 e.